The number of nitro benzene ring substituents is 1. The highest BCUT2D eigenvalue weighted by molar-refractivity contribution is 8.26. The van der Waals surface area contributed by atoms with E-state index >= 15 is 0 Å². The molecule has 0 atom stereocenters. The number of hydrogen-bond donors (Lipinski definition) is 1. The van der Waals surface area contributed by atoms with E-state index in [1.54, 1.807) is 0 Å². The van der Waals surface area contributed by atoms with Gasteiger partial charge in [0, 0.05) is 46.0 Å². The van der Waals surface area contributed by atoms with E-state index in [4.69, 9.17) is 4.21 Å². The van der Waals surface area contributed by atoms with Gasteiger partial charge in [-0.15, -0.1) is 0 Å². The molecule has 0 aliphatic heterocycles. The van der Waals surface area contributed by atoms with Crippen molar-refractivity contribution >= 4 is 42.2 Å². The topological polar surface area (TPSA) is 107 Å². The average molecular weight is 330 g/mol. The van der Waals surface area contributed by atoms with Crippen LogP contribution in [0.5, 0.6) is 5.75 Å². The first-order valence-corrected chi connectivity index (χ1v) is 7.38. The molecule has 19 heavy (non-hydrogen) atoms. The summed E-state index contributed by atoms with van der Waals surface area (Å²) in [6.07, 6.45) is 0. The van der Waals surface area contributed by atoms with Crippen molar-refractivity contribution in [1.29, 1.82) is 0 Å². The number of esters is 1. The van der Waals surface area contributed by atoms with Crippen molar-refractivity contribution in [3.8, 4) is 5.75 Å². The van der Waals surface area contributed by atoms with Crippen molar-refractivity contribution in [3.63, 3.8) is 0 Å². The molecule has 1 rings (SSSR count). The fourth-order valence-electron chi connectivity index (χ4n) is 0.980. The van der Waals surface area contributed by atoms with E-state index in [1.807, 2.05) is 0 Å². The Hall–Kier alpha value is -1.38. The van der Waals surface area contributed by atoms with Crippen LogP contribution in [0.4, 0.5) is 5.69 Å². The maximum absolute atomic E-state index is 10.5. The quantitative estimate of drug-likeness (QED) is 0.395. The third-order valence-electron chi connectivity index (χ3n) is 1.70. The summed E-state index contributed by atoms with van der Waals surface area (Å²) < 4.78 is 13.7. The van der Waals surface area contributed by atoms with E-state index in [-0.39, 0.29) is 23.6 Å². The van der Waals surface area contributed by atoms with Crippen LogP contribution < -0.4 is 0 Å². The molecular formula is C9H9Cl2NO6S. The number of aromatic hydroxyl groups is 1. The summed E-state index contributed by atoms with van der Waals surface area (Å²) >= 11 is 0. The van der Waals surface area contributed by atoms with Crippen molar-refractivity contribution in [2.24, 2.45) is 0 Å². The van der Waals surface area contributed by atoms with Crippen LogP contribution in [0, 0.1) is 10.1 Å². The number of carbonyl (C=O) groups is 1. The van der Waals surface area contributed by atoms with Crippen LogP contribution in [0.25, 0.3) is 0 Å². The number of nitro groups is 1. The molecule has 0 spiro atoms. The van der Waals surface area contributed by atoms with Crippen molar-refractivity contribution in [1.82, 2.24) is 0 Å². The predicted octanol–water partition coefficient (Wildman–Crippen LogP) is 2.41. The molecule has 10 heteroatoms. The van der Waals surface area contributed by atoms with Crippen LogP contribution in [0.3, 0.4) is 0 Å². The van der Waals surface area contributed by atoms with Gasteiger partial charge in [-0.25, -0.2) is 4.21 Å². The molecule has 7 nitrogen and oxygen atoms in total. The lowest BCUT2D eigenvalue weighted by Crippen LogP contribution is -1.99. The minimum atomic E-state index is -1.67. The lowest BCUT2D eigenvalue weighted by atomic mass is 10.2. The van der Waals surface area contributed by atoms with Gasteiger partial charge in [-0.3, -0.25) is 14.9 Å². The molecule has 0 fully saturated rings. The summed E-state index contributed by atoms with van der Waals surface area (Å²) in [6.45, 7) is 1.04. The Morgan fingerprint density at radius 2 is 2.05 bits per heavy atom. The van der Waals surface area contributed by atoms with E-state index in [0.29, 0.717) is 0 Å². The second kappa shape index (κ2) is 8.68. The SMILES string of the molecule is CC(=O)OCc1cc([N+](=O)[O-])ccc1O.O=S(Cl)Cl. The first-order valence-electron chi connectivity index (χ1n) is 4.58. The van der Waals surface area contributed by atoms with Gasteiger partial charge >= 0.3 is 5.97 Å². The van der Waals surface area contributed by atoms with Crippen molar-refractivity contribution in [2.75, 3.05) is 0 Å². The maximum Gasteiger partial charge on any atom is 0.302 e. The molecule has 0 aromatic heterocycles. The zero-order chi connectivity index (χ0) is 15.0. The van der Waals surface area contributed by atoms with Crippen LogP contribution in [0.1, 0.15) is 12.5 Å². The Morgan fingerprint density at radius 3 is 2.47 bits per heavy atom. The molecule has 1 aromatic rings. The monoisotopic (exact) mass is 329 g/mol. The van der Waals surface area contributed by atoms with Gasteiger partial charge in [0.15, 0.2) is 0 Å². The third-order valence-corrected chi connectivity index (χ3v) is 1.70. The Balaban J connectivity index is 0.000000711. The highest BCUT2D eigenvalue weighted by Crippen LogP contribution is 2.23. The average Bonchev–Trinajstić information content (AvgIpc) is 2.26. The predicted molar refractivity (Wildman–Crippen MR) is 70.1 cm³/mol. The summed E-state index contributed by atoms with van der Waals surface area (Å²) in [5.74, 6) is -0.650. The minimum absolute atomic E-state index is 0.137. The van der Waals surface area contributed by atoms with Crippen LogP contribution in [-0.2, 0) is 25.4 Å². The van der Waals surface area contributed by atoms with Gasteiger partial charge in [0.1, 0.15) is 12.4 Å². The molecular weight excluding hydrogens is 321 g/mol. The number of carbonyl (C=O) groups excluding carboxylic acids is 1. The van der Waals surface area contributed by atoms with Crippen LogP contribution in [0.15, 0.2) is 18.2 Å². The number of non-ortho nitro benzene ring substituents is 1. The number of ether oxygens (including phenoxy) is 1. The van der Waals surface area contributed by atoms with Crippen LogP contribution in [0.2, 0.25) is 0 Å². The molecule has 0 aliphatic carbocycles. The highest BCUT2D eigenvalue weighted by Gasteiger charge is 2.10. The number of phenolic OH excluding ortho intramolecular Hbond substituents is 1. The smallest absolute Gasteiger partial charge is 0.302 e. The number of benzene rings is 1. The standard InChI is InChI=1S/C9H9NO5.Cl2OS/c1-6(11)15-5-7-4-8(10(13)14)2-3-9(7)12;1-4(2)3/h2-4,12H,5H2,1H3;. The van der Waals surface area contributed by atoms with Gasteiger partial charge in [-0.1, -0.05) is 0 Å². The fraction of sp³-hybridized carbons (Fsp3) is 0.222. The molecule has 0 aliphatic rings. The summed E-state index contributed by atoms with van der Waals surface area (Å²) in [7, 11) is 7.36. The Labute approximate surface area is 119 Å². The molecule has 106 valence electrons. The first-order chi connectivity index (χ1) is 8.73. The summed E-state index contributed by atoms with van der Waals surface area (Å²) in [6, 6.07) is 3.53. The third kappa shape index (κ3) is 8.36. The van der Waals surface area contributed by atoms with Gasteiger partial charge in [0.2, 0.25) is 9.23 Å². The summed E-state index contributed by atoms with van der Waals surface area (Å²) in [5.41, 5.74) is 0.0503. The zero-order valence-corrected chi connectivity index (χ0v) is 11.9. The van der Waals surface area contributed by atoms with Gasteiger partial charge in [-0.05, 0) is 6.07 Å². The van der Waals surface area contributed by atoms with Crippen molar-refractivity contribution in [2.45, 2.75) is 13.5 Å². The van der Waals surface area contributed by atoms with E-state index in [2.05, 4.69) is 26.1 Å². The molecule has 0 saturated heterocycles. The molecule has 0 heterocycles. The summed E-state index contributed by atoms with van der Waals surface area (Å²) in [4.78, 5) is 20.3. The maximum atomic E-state index is 10.5. The van der Waals surface area contributed by atoms with Crippen molar-refractivity contribution in [3.05, 3.63) is 33.9 Å². The molecule has 0 amide bonds. The minimum Gasteiger partial charge on any atom is -0.508 e. The first kappa shape index (κ1) is 17.6. The van der Waals surface area contributed by atoms with Crippen molar-refractivity contribution < 1.29 is 23.8 Å². The lowest BCUT2D eigenvalue weighted by molar-refractivity contribution is -0.385. The summed E-state index contributed by atoms with van der Waals surface area (Å²) in [5, 5.41) is 19.7. The number of nitrogens with zero attached hydrogens (tertiary/aromatic N) is 1. The number of hydrogen-bond acceptors (Lipinski definition) is 6. The number of halogens is 2. The molecule has 1 N–H and O–H groups in total. The number of phenols is 1. The van der Waals surface area contributed by atoms with Crippen LogP contribution >= 0.6 is 21.4 Å². The molecule has 1 aromatic carbocycles. The normalized spacial score (nSPS) is 9.47. The molecule has 0 bridgehead atoms. The Bertz CT molecular complexity index is 492. The Kier molecular flexibility index (Phi) is 8.05. The molecule has 0 saturated carbocycles. The van der Waals surface area contributed by atoms with Gasteiger partial charge in [0.25, 0.3) is 5.69 Å². The molecule has 0 radical (unpaired) electrons. The Morgan fingerprint density at radius 1 is 1.53 bits per heavy atom. The van der Waals surface area contributed by atoms with E-state index in [9.17, 15) is 20.0 Å². The van der Waals surface area contributed by atoms with E-state index < -0.39 is 20.1 Å². The number of rotatable bonds is 3. The van der Waals surface area contributed by atoms with Gasteiger partial charge < -0.3 is 9.84 Å². The molecule has 0 unspecified atom stereocenters. The fourth-order valence-corrected chi connectivity index (χ4v) is 0.980. The second-order valence-electron chi connectivity index (χ2n) is 3.03. The van der Waals surface area contributed by atoms with Gasteiger partial charge in [0.05, 0.1) is 4.92 Å². The van der Waals surface area contributed by atoms with E-state index in [1.165, 1.54) is 19.1 Å². The van der Waals surface area contributed by atoms with Gasteiger partial charge in [-0.2, -0.15) is 0 Å². The zero-order valence-electron chi connectivity index (χ0n) is 9.54. The highest BCUT2D eigenvalue weighted by atomic mass is 36.0. The second-order valence-corrected chi connectivity index (χ2v) is 5.56. The lowest BCUT2D eigenvalue weighted by Gasteiger charge is -2.04. The van der Waals surface area contributed by atoms with E-state index in [0.717, 1.165) is 6.07 Å². The van der Waals surface area contributed by atoms with Crippen LogP contribution in [-0.4, -0.2) is 20.2 Å². The largest absolute Gasteiger partial charge is 0.508 e.